The Morgan fingerprint density at radius 3 is 2.90 bits per heavy atom. The van der Waals surface area contributed by atoms with Crippen LogP contribution in [0, 0.1) is 27.7 Å². The van der Waals surface area contributed by atoms with Crippen molar-refractivity contribution in [1.29, 1.82) is 0 Å². The van der Waals surface area contributed by atoms with Crippen LogP contribution >= 0.6 is 0 Å². The number of halogens is 2. The van der Waals surface area contributed by atoms with E-state index in [1.807, 2.05) is 7.05 Å². The number of hydrogen-bond acceptors (Lipinski definition) is 4. The molecule has 1 heterocycles. The fraction of sp³-hybridized carbons (Fsp3) is 0.538. The molecule has 0 saturated carbocycles. The largest absolute Gasteiger partial charge is 0.377 e. The van der Waals surface area contributed by atoms with E-state index in [4.69, 9.17) is 0 Å². The molecule has 7 heteroatoms. The molecule has 20 heavy (non-hydrogen) atoms. The van der Waals surface area contributed by atoms with Gasteiger partial charge in [-0.2, -0.15) is 0 Å². The molecule has 1 aromatic carbocycles. The molecule has 1 atom stereocenters. The van der Waals surface area contributed by atoms with Gasteiger partial charge >= 0.3 is 0 Å². The van der Waals surface area contributed by atoms with Crippen molar-refractivity contribution in [3.8, 4) is 0 Å². The number of nitro groups is 1. The maximum absolute atomic E-state index is 13.7. The van der Waals surface area contributed by atoms with Crippen molar-refractivity contribution in [1.82, 2.24) is 4.90 Å². The number of nitro benzene ring substituents is 1. The molecular formula is C13H17F2N3O2. The third-order valence-electron chi connectivity index (χ3n) is 3.56. The van der Waals surface area contributed by atoms with Crippen LogP contribution in [0.3, 0.4) is 0 Å². The maximum Gasteiger partial charge on any atom is 0.295 e. The number of nitrogens with one attached hydrogen (secondary N) is 1. The Labute approximate surface area is 115 Å². The summed E-state index contributed by atoms with van der Waals surface area (Å²) in [5, 5.41) is 13.6. The average Bonchev–Trinajstić information content (AvgIpc) is 2.40. The Morgan fingerprint density at radius 2 is 2.25 bits per heavy atom. The molecule has 1 aromatic rings. The fourth-order valence-electron chi connectivity index (χ4n) is 2.55. The molecule has 0 spiro atoms. The zero-order valence-electron chi connectivity index (χ0n) is 11.2. The van der Waals surface area contributed by atoms with E-state index in [9.17, 15) is 18.9 Å². The van der Waals surface area contributed by atoms with Crippen LogP contribution in [0.25, 0.3) is 0 Å². The first-order chi connectivity index (χ1) is 9.49. The molecule has 110 valence electrons. The lowest BCUT2D eigenvalue weighted by Gasteiger charge is -2.29. The van der Waals surface area contributed by atoms with Crippen LogP contribution in [-0.4, -0.2) is 36.5 Å². The fourth-order valence-corrected chi connectivity index (χ4v) is 2.55. The third kappa shape index (κ3) is 3.22. The van der Waals surface area contributed by atoms with E-state index in [-0.39, 0.29) is 11.6 Å². The zero-order chi connectivity index (χ0) is 14.7. The van der Waals surface area contributed by atoms with Crippen molar-refractivity contribution < 1.29 is 13.7 Å². The lowest BCUT2D eigenvalue weighted by Crippen LogP contribution is -2.35. The average molecular weight is 285 g/mol. The van der Waals surface area contributed by atoms with E-state index in [1.165, 1.54) is 0 Å². The molecule has 1 fully saturated rings. The van der Waals surface area contributed by atoms with Gasteiger partial charge in [-0.3, -0.25) is 10.1 Å². The summed E-state index contributed by atoms with van der Waals surface area (Å²) in [6.45, 7) is 2.26. The molecule has 0 aliphatic carbocycles. The van der Waals surface area contributed by atoms with Crippen LogP contribution in [-0.2, 0) is 0 Å². The number of rotatable bonds is 4. The number of piperidine rings is 1. The summed E-state index contributed by atoms with van der Waals surface area (Å²) < 4.78 is 26.9. The van der Waals surface area contributed by atoms with Gasteiger partial charge in [-0.25, -0.2) is 8.78 Å². The number of hydrogen-bond donors (Lipinski definition) is 1. The second-order valence-corrected chi connectivity index (χ2v) is 5.16. The number of anilines is 1. The predicted molar refractivity (Wildman–Crippen MR) is 71.7 cm³/mol. The molecule has 1 N–H and O–H groups in total. The van der Waals surface area contributed by atoms with Crippen LogP contribution in [0.1, 0.15) is 12.8 Å². The number of likely N-dealkylation sites (tertiary alicyclic amines) is 1. The van der Waals surface area contributed by atoms with Crippen molar-refractivity contribution in [3.63, 3.8) is 0 Å². The molecule has 0 aromatic heterocycles. The van der Waals surface area contributed by atoms with Gasteiger partial charge in [0.25, 0.3) is 5.69 Å². The topological polar surface area (TPSA) is 58.4 Å². The molecule has 1 aliphatic heterocycles. The molecule has 0 amide bonds. The highest BCUT2D eigenvalue weighted by molar-refractivity contribution is 5.62. The second-order valence-electron chi connectivity index (χ2n) is 5.16. The van der Waals surface area contributed by atoms with Crippen LogP contribution in [0.4, 0.5) is 20.2 Å². The minimum Gasteiger partial charge on any atom is -0.377 e. The Morgan fingerprint density at radius 1 is 1.50 bits per heavy atom. The first kappa shape index (κ1) is 14.6. The van der Waals surface area contributed by atoms with Crippen LogP contribution < -0.4 is 5.32 Å². The van der Waals surface area contributed by atoms with Gasteiger partial charge in [0.05, 0.1) is 4.92 Å². The SMILES string of the molecule is CN1CCCC(CNc2c([N+](=O)[O-])ccc(F)c2F)C1. The predicted octanol–water partition coefficient (Wildman–Crippen LogP) is 2.63. The van der Waals surface area contributed by atoms with Gasteiger partial charge in [-0.1, -0.05) is 0 Å². The van der Waals surface area contributed by atoms with Gasteiger partial charge in [0, 0.05) is 19.2 Å². The van der Waals surface area contributed by atoms with E-state index in [2.05, 4.69) is 10.2 Å². The Kier molecular flexibility index (Phi) is 4.49. The van der Waals surface area contributed by atoms with E-state index >= 15 is 0 Å². The summed E-state index contributed by atoms with van der Waals surface area (Å²) in [5.74, 6) is -2.00. The van der Waals surface area contributed by atoms with E-state index in [0.717, 1.165) is 38.1 Å². The lowest BCUT2D eigenvalue weighted by atomic mass is 9.98. The monoisotopic (exact) mass is 285 g/mol. The second kappa shape index (κ2) is 6.13. The highest BCUT2D eigenvalue weighted by atomic mass is 19.2. The highest BCUT2D eigenvalue weighted by Gasteiger charge is 2.23. The van der Waals surface area contributed by atoms with Crippen molar-refractivity contribution in [2.24, 2.45) is 5.92 Å². The molecular weight excluding hydrogens is 268 g/mol. The molecule has 1 aliphatic rings. The van der Waals surface area contributed by atoms with Crippen LogP contribution in [0.2, 0.25) is 0 Å². The van der Waals surface area contributed by atoms with Gasteiger partial charge in [0.1, 0.15) is 0 Å². The van der Waals surface area contributed by atoms with Gasteiger partial charge in [-0.15, -0.1) is 0 Å². The smallest absolute Gasteiger partial charge is 0.295 e. The summed E-state index contributed by atoms with van der Waals surface area (Å²) in [5.41, 5.74) is -0.795. The summed E-state index contributed by atoms with van der Waals surface area (Å²) in [6, 6.07) is 1.75. The number of nitrogens with zero attached hydrogens (tertiary/aromatic N) is 2. The van der Waals surface area contributed by atoms with Gasteiger partial charge in [-0.05, 0) is 38.4 Å². The molecule has 1 unspecified atom stereocenters. The van der Waals surface area contributed by atoms with Crippen molar-refractivity contribution in [2.75, 3.05) is 32.0 Å². The molecule has 0 radical (unpaired) electrons. The van der Waals surface area contributed by atoms with E-state index < -0.39 is 22.2 Å². The lowest BCUT2D eigenvalue weighted by molar-refractivity contribution is -0.384. The number of benzene rings is 1. The molecule has 1 saturated heterocycles. The molecule has 0 bridgehead atoms. The van der Waals surface area contributed by atoms with Crippen molar-refractivity contribution in [2.45, 2.75) is 12.8 Å². The molecule has 2 rings (SSSR count). The summed E-state index contributed by atoms with van der Waals surface area (Å²) in [6.07, 6.45) is 2.01. The van der Waals surface area contributed by atoms with Gasteiger partial charge < -0.3 is 10.2 Å². The Balaban J connectivity index is 2.12. The third-order valence-corrected chi connectivity index (χ3v) is 3.56. The van der Waals surface area contributed by atoms with Gasteiger partial charge in [0.15, 0.2) is 17.3 Å². The Bertz CT molecular complexity index is 511. The standard InChI is InChI=1S/C13H17F2N3O2/c1-17-6-2-3-9(8-17)7-16-13-11(18(19)20)5-4-10(14)12(13)15/h4-5,9,16H,2-3,6-8H2,1H3. The summed E-state index contributed by atoms with van der Waals surface area (Å²) >= 11 is 0. The minimum atomic E-state index is -1.19. The zero-order valence-corrected chi connectivity index (χ0v) is 11.2. The van der Waals surface area contributed by atoms with Gasteiger partial charge in [0.2, 0.25) is 0 Å². The molecule has 5 nitrogen and oxygen atoms in total. The summed E-state index contributed by atoms with van der Waals surface area (Å²) in [7, 11) is 2.00. The van der Waals surface area contributed by atoms with E-state index in [0.29, 0.717) is 6.54 Å². The highest BCUT2D eigenvalue weighted by Crippen LogP contribution is 2.29. The van der Waals surface area contributed by atoms with Crippen molar-refractivity contribution >= 4 is 11.4 Å². The quantitative estimate of drug-likeness (QED) is 0.682. The first-order valence-corrected chi connectivity index (χ1v) is 6.54. The maximum atomic E-state index is 13.7. The first-order valence-electron chi connectivity index (χ1n) is 6.54. The minimum absolute atomic E-state index is 0.274. The van der Waals surface area contributed by atoms with Crippen molar-refractivity contribution in [3.05, 3.63) is 33.9 Å². The van der Waals surface area contributed by atoms with Crippen LogP contribution in [0.15, 0.2) is 12.1 Å². The Hall–Kier alpha value is -1.76. The normalized spacial score (nSPS) is 19.9. The van der Waals surface area contributed by atoms with Crippen LogP contribution in [0.5, 0.6) is 0 Å². The summed E-state index contributed by atoms with van der Waals surface area (Å²) in [4.78, 5) is 12.3. The van der Waals surface area contributed by atoms with E-state index in [1.54, 1.807) is 0 Å².